The Morgan fingerprint density at radius 1 is 1.38 bits per heavy atom. The summed E-state index contributed by atoms with van der Waals surface area (Å²) in [6.45, 7) is 2.85. The second-order valence-corrected chi connectivity index (χ2v) is 9.18. The molecule has 0 radical (unpaired) electrons. The maximum absolute atomic E-state index is 12.2. The van der Waals surface area contributed by atoms with Gasteiger partial charge in [-0.3, -0.25) is 0 Å². The average Bonchev–Trinajstić information content (AvgIpc) is 2.88. The van der Waals surface area contributed by atoms with Gasteiger partial charge in [0, 0.05) is 24.4 Å². The largest absolute Gasteiger partial charge is 0.396 e. The normalized spacial score (nSPS) is 23.3. The minimum Gasteiger partial charge on any atom is -0.396 e. The summed E-state index contributed by atoms with van der Waals surface area (Å²) in [7, 11) is -3.39. The van der Waals surface area contributed by atoms with E-state index in [1.165, 1.54) is 37.0 Å². The molecule has 4 nitrogen and oxygen atoms in total. The first-order valence-corrected chi connectivity index (χ1v) is 10.0. The fraction of sp³-hybridized carbons (Fsp3) is 0.733. The predicted octanol–water partition coefficient (Wildman–Crippen LogP) is 2.78. The molecule has 21 heavy (non-hydrogen) atoms. The van der Waals surface area contributed by atoms with Gasteiger partial charge in [-0.15, -0.1) is 11.3 Å². The Hall–Kier alpha value is -0.430. The topological polar surface area (TPSA) is 66.4 Å². The van der Waals surface area contributed by atoms with Crippen molar-refractivity contribution in [2.45, 2.75) is 49.7 Å². The molecule has 1 aliphatic carbocycles. The van der Waals surface area contributed by atoms with Gasteiger partial charge in [0.05, 0.1) is 0 Å². The first-order chi connectivity index (χ1) is 10.0. The van der Waals surface area contributed by atoms with Crippen LogP contribution in [0.25, 0.3) is 0 Å². The van der Waals surface area contributed by atoms with Gasteiger partial charge in [-0.2, -0.15) is 0 Å². The van der Waals surface area contributed by atoms with Crippen molar-refractivity contribution in [1.82, 2.24) is 4.72 Å². The lowest BCUT2D eigenvalue weighted by molar-refractivity contribution is 0.271. The van der Waals surface area contributed by atoms with E-state index in [-0.39, 0.29) is 6.61 Å². The van der Waals surface area contributed by atoms with Crippen molar-refractivity contribution in [1.29, 1.82) is 0 Å². The van der Waals surface area contributed by atoms with E-state index in [1.807, 2.05) is 0 Å². The van der Waals surface area contributed by atoms with Gasteiger partial charge in [0.25, 0.3) is 0 Å². The molecule has 0 aromatic carbocycles. The van der Waals surface area contributed by atoms with Crippen molar-refractivity contribution in [3.8, 4) is 0 Å². The molecule has 120 valence electrons. The highest BCUT2D eigenvalue weighted by molar-refractivity contribution is 7.91. The van der Waals surface area contributed by atoms with Crippen LogP contribution in [-0.4, -0.2) is 26.7 Å². The summed E-state index contributed by atoms with van der Waals surface area (Å²) in [5.74, 6) is 1.43. The molecule has 1 aromatic heterocycles. The SMILES string of the molecule is CC1CCCC(CCNS(=O)(=O)c2ccc(CCO)s2)C1. The summed E-state index contributed by atoms with van der Waals surface area (Å²) >= 11 is 1.24. The molecule has 2 unspecified atom stereocenters. The van der Waals surface area contributed by atoms with Gasteiger partial charge in [0.15, 0.2) is 0 Å². The Labute approximate surface area is 131 Å². The minimum absolute atomic E-state index is 0.0489. The smallest absolute Gasteiger partial charge is 0.250 e. The zero-order chi connectivity index (χ0) is 15.3. The number of sulfonamides is 1. The lowest BCUT2D eigenvalue weighted by Gasteiger charge is -2.26. The van der Waals surface area contributed by atoms with Crippen LogP contribution in [-0.2, 0) is 16.4 Å². The molecule has 1 fully saturated rings. The lowest BCUT2D eigenvalue weighted by Crippen LogP contribution is -2.26. The molecule has 1 aromatic rings. The van der Waals surface area contributed by atoms with Crippen molar-refractivity contribution < 1.29 is 13.5 Å². The van der Waals surface area contributed by atoms with Gasteiger partial charge in [0.2, 0.25) is 10.0 Å². The van der Waals surface area contributed by atoms with Crippen LogP contribution in [0.5, 0.6) is 0 Å². The third kappa shape index (κ3) is 5.06. The molecular formula is C15H25NO3S2. The highest BCUT2D eigenvalue weighted by Crippen LogP contribution is 2.30. The number of hydrogen-bond acceptors (Lipinski definition) is 4. The molecule has 1 saturated carbocycles. The van der Waals surface area contributed by atoms with Crippen LogP contribution in [0.4, 0.5) is 0 Å². The van der Waals surface area contributed by atoms with Crippen LogP contribution < -0.4 is 4.72 Å². The molecule has 1 aliphatic rings. The van der Waals surface area contributed by atoms with Gasteiger partial charge in [0.1, 0.15) is 4.21 Å². The van der Waals surface area contributed by atoms with Crippen LogP contribution in [0, 0.1) is 11.8 Å². The molecule has 2 N–H and O–H groups in total. The van der Waals surface area contributed by atoms with Crippen molar-refractivity contribution in [3.05, 3.63) is 17.0 Å². The van der Waals surface area contributed by atoms with Crippen LogP contribution in [0.2, 0.25) is 0 Å². The first-order valence-electron chi connectivity index (χ1n) is 7.70. The number of hydrogen-bond donors (Lipinski definition) is 2. The van der Waals surface area contributed by atoms with E-state index in [9.17, 15) is 8.42 Å². The first kappa shape index (κ1) is 16.9. The quantitative estimate of drug-likeness (QED) is 0.807. The Balaban J connectivity index is 1.83. The van der Waals surface area contributed by atoms with Crippen molar-refractivity contribution >= 4 is 21.4 Å². The van der Waals surface area contributed by atoms with Gasteiger partial charge in [-0.05, 0) is 36.8 Å². The molecular weight excluding hydrogens is 306 g/mol. The second kappa shape index (κ2) is 7.72. The van der Waals surface area contributed by atoms with Crippen LogP contribution in [0.1, 0.15) is 43.9 Å². The van der Waals surface area contributed by atoms with E-state index in [1.54, 1.807) is 12.1 Å². The van der Waals surface area contributed by atoms with Gasteiger partial charge in [-0.1, -0.05) is 26.2 Å². The molecule has 2 rings (SSSR count). The third-order valence-electron chi connectivity index (χ3n) is 4.15. The number of rotatable bonds is 7. The summed E-state index contributed by atoms with van der Waals surface area (Å²) in [6.07, 6.45) is 6.48. The van der Waals surface area contributed by atoms with Crippen LogP contribution in [0.3, 0.4) is 0 Å². The summed E-state index contributed by atoms with van der Waals surface area (Å²) < 4.78 is 27.4. The van der Waals surface area contributed by atoms with E-state index in [2.05, 4.69) is 11.6 Å². The van der Waals surface area contributed by atoms with Crippen molar-refractivity contribution in [2.24, 2.45) is 11.8 Å². The Kier molecular flexibility index (Phi) is 6.22. The number of thiophene rings is 1. The third-order valence-corrected chi connectivity index (χ3v) is 7.25. The van der Waals surface area contributed by atoms with Gasteiger partial charge >= 0.3 is 0 Å². The predicted molar refractivity (Wildman–Crippen MR) is 86.0 cm³/mol. The highest BCUT2D eigenvalue weighted by Gasteiger charge is 2.20. The fourth-order valence-corrected chi connectivity index (χ4v) is 5.47. The van der Waals surface area contributed by atoms with Gasteiger partial charge in [-0.25, -0.2) is 13.1 Å². The Morgan fingerprint density at radius 2 is 2.19 bits per heavy atom. The lowest BCUT2D eigenvalue weighted by atomic mass is 9.81. The van der Waals surface area contributed by atoms with E-state index >= 15 is 0 Å². The second-order valence-electron chi connectivity index (χ2n) is 6.02. The number of aliphatic hydroxyl groups is 1. The highest BCUT2D eigenvalue weighted by atomic mass is 32.2. The van der Waals surface area contributed by atoms with Gasteiger partial charge < -0.3 is 5.11 Å². The van der Waals surface area contributed by atoms with Crippen molar-refractivity contribution in [2.75, 3.05) is 13.2 Å². The zero-order valence-corrected chi connectivity index (χ0v) is 14.2. The Morgan fingerprint density at radius 3 is 2.90 bits per heavy atom. The standard InChI is InChI=1S/C15H25NO3S2/c1-12-3-2-4-13(11-12)7-9-16-21(18,19)15-6-5-14(20-15)8-10-17/h5-6,12-13,16-17H,2-4,7-11H2,1H3. The molecule has 2 atom stereocenters. The Bertz CT molecular complexity index is 539. The van der Waals surface area contributed by atoms with Crippen LogP contribution >= 0.6 is 11.3 Å². The maximum Gasteiger partial charge on any atom is 0.250 e. The number of aliphatic hydroxyl groups excluding tert-OH is 1. The molecule has 1 heterocycles. The summed E-state index contributed by atoms with van der Waals surface area (Å²) in [5.41, 5.74) is 0. The van der Waals surface area contributed by atoms with E-state index in [4.69, 9.17) is 5.11 Å². The molecule has 0 amide bonds. The number of nitrogens with one attached hydrogen (secondary N) is 1. The maximum atomic E-state index is 12.2. The summed E-state index contributed by atoms with van der Waals surface area (Å²) in [6, 6.07) is 3.40. The fourth-order valence-electron chi connectivity index (χ4n) is 3.04. The van der Waals surface area contributed by atoms with E-state index in [0.717, 1.165) is 17.2 Å². The zero-order valence-electron chi connectivity index (χ0n) is 12.5. The molecule has 0 saturated heterocycles. The summed E-state index contributed by atoms with van der Waals surface area (Å²) in [5, 5.41) is 8.88. The average molecular weight is 332 g/mol. The summed E-state index contributed by atoms with van der Waals surface area (Å²) in [4.78, 5) is 0.902. The molecule has 0 bridgehead atoms. The minimum atomic E-state index is -3.39. The monoisotopic (exact) mass is 331 g/mol. The van der Waals surface area contributed by atoms with Crippen LogP contribution in [0.15, 0.2) is 16.3 Å². The van der Waals surface area contributed by atoms with Crippen molar-refractivity contribution in [3.63, 3.8) is 0 Å². The van der Waals surface area contributed by atoms with E-state index in [0.29, 0.717) is 23.1 Å². The molecule has 0 spiro atoms. The van der Waals surface area contributed by atoms with E-state index < -0.39 is 10.0 Å². The molecule has 0 aliphatic heterocycles. The molecule has 6 heteroatoms.